The SMILES string of the molecule is CNCc1occc1CN1CCCC1CN(C)C. The highest BCUT2D eigenvalue weighted by Gasteiger charge is 2.25. The summed E-state index contributed by atoms with van der Waals surface area (Å²) in [6.07, 6.45) is 4.44. The lowest BCUT2D eigenvalue weighted by Gasteiger charge is -2.26. The van der Waals surface area contributed by atoms with Gasteiger partial charge in [0.25, 0.3) is 0 Å². The maximum atomic E-state index is 5.53. The number of hydrogen-bond donors (Lipinski definition) is 1. The van der Waals surface area contributed by atoms with E-state index in [1.807, 2.05) is 7.05 Å². The van der Waals surface area contributed by atoms with Crippen molar-refractivity contribution >= 4 is 0 Å². The van der Waals surface area contributed by atoms with Crippen LogP contribution in [-0.2, 0) is 13.1 Å². The van der Waals surface area contributed by atoms with Crippen LogP contribution in [0.1, 0.15) is 24.2 Å². The molecule has 1 aromatic heterocycles. The minimum absolute atomic E-state index is 0.692. The molecule has 0 amide bonds. The largest absolute Gasteiger partial charge is 0.468 e. The Morgan fingerprint density at radius 2 is 2.33 bits per heavy atom. The number of rotatable bonds is 6. The zero-order valence-electron chi connectivity index (χ0n) is 11.8. The van der Waals surface area contributed by atoms with E-state index in [4.69, 9.17) is 4.42 Å². The number of likely N-dealkylation sites (N-methyl/N-ethyl adjacent to an activating group) is 1. The van der Waals surface area contributed by atoms with E-state index < -0.39 is 0 Å². The van der Waals surface area contributed by atoms with Crippen molar-refractivity contribution in [2.75, 3.05) is 34.2 Å². The van der Waals surface area contributed by atoms with E-state index >= 15 is 0 Å². The van der Waals surface area contributed by atoms with Gasteiger partial charge in [-0.15, -0.1) is 0 Å². The first-order chi connectivity index (χ1) is 8.70. The number of likely N-dealkylation sites (tertiary alicyclic amines) is 1. The minimum atomic E-state index is 0.692. The van der Waals surface area contributed by atoms with Crippen LogP contribution in [0.2, 0.25) is 0 Å². The molecule has 102 valence electrons. The van der Waals surface area contributed by atoms with Gasteiger partial charge in [0.05, 0.1) is 12.8 Å². The average molecular weight is 251 g/mol. The molecule has 0 spiro atoms. The van der Waals surface area contributed by atoms with Crippen LogP contribution in [-0.4, -0.2) is 50.1 Å². The molecular formula is C14H25N3O. The summed E-state index contributed by atoms with van der Waals surface area (Å²) in [4.78, 5) is 4.87. The van der Waals surface area contributed by atoms with Crippen molar-refractivity contribution in [1.82, 2.24) is 15.1 Å². The number of furan rings is 1. The molecule has 1 saturated heterocycles. The van der Waals surface area contributed by atoms with Crippen molar-refractivity contribution in [2.24, 2.45) is 0 Å². The zero-order chi connectivity index (χ0) is 13.0. The van der Waals surface area contributed by atoms with Crippen LogP contribution in [0.4, 0.5) is 0 Å². The first-order valence-corrected chi connectivity index (χ1v) is 6.79. The van der Waals surface area contributed by atoms with E-state index in [2.05, 4.69) is 35.3 Å². The lowest BCUT2D eigenvalue weighted by molar-refractivity contribution is 0.200. The molecule has 1 N–H and O–H groups in total. The van der Waals surface area contributed by atoms with Gasteiger partial charge in [0.2, 0.25) is 0 Å². The van der Waals surface area contributed by atoms with E-state index in [-0.39, 0.29) is 0 Å². The Morgan fingerprint density at radius 3 is 3.06 bits per heavy atom. The summed E-state index contributed by atoms with van der Waals surface area (Å²) in [7, 11) is 6.26. The lowest BCUT2D eigenvalue weighted by Crippen LogP contribution is -2.37. The second kappa shape index (κ2) is 6.36. The normalized spacial score (nSPS) is 21.0. The van der Waals surface area contributed by atoms with Crippen LogP contribution in [0.15, 0.2) is 16.7 Å². The van der Waals surface area contributed by atoms with Gasteiger partial charge in [-0.3, -0.25) is 4.90 Å². The molecule has 0 bridgehead atoms. The summed E-state index contributed by atoms with van der Waals surface area (Å²) in [5.74, 6) is 1.08. The predicted octanol–water partition coefficient (Wildman–Crippen LogP) is 1.52. The highest BCUT2D eigenvalue weighted by Crippen LogP contribution is 2.22. The van der Waals surface area contributed by atoms with E-state index in [9.17, 15) is 0 Å². The first kappa shape index (κ1) is 13.6. The Labute approximate surface area is 110 Å². The molecular weight excluding hydrogens is 226 g/mol. The molecule has 2 rings (SSSR count). The van der Waals surface area contributed by atoms with Crippen LogP contribution in [0.5, 0.6) is 0 Å². The Kier molecular flexibility index (Phi) is 4.80. The molecule has 18 heavy (non-hydrogen) atoms. The fourth-order valence-electron chi connectivity index (χ4n) is 2.77. The zero-order valence-corrected chi connectivity index (χ0v) is 11.8. The summed E-state index contributed by atoms with van der Waals surface area (Å²) >= 11 is 0. The Hall–Kier alpha value is -0.840. The molecule has 1 fully saturated rings. The molecule has 1 aliphatic rings. The number of hydrogen-bond acceptors (Lipinski definition) is 4. The van der Waals surface area contributed by atoms with Gasteiger partial charge in [0, 0.05) is 24.7 Å². The van der Waals surface area contributed by atoms with Gasteiger partial charge in [0.1, 0.15) is 5.76 Å². The Balaban J connectivity index is 1.97. The van der Waals surface area contributed by atoms with Crippen LogP contribution in [0.3, 0.4) is 0 Å². The van der Waals surface area contributed by atoms with E-state index in [1.54, 1.807) is 6.26 Å². The van der Waals surface area contributed by atoms with Gasteiger partial charge in [-0.05, 0) is 46.6 Å². The van der Waals surface area contributed by atoms with E-state index in [0.717, 1.165) is 25.4 Å². The molecule has 4 nitrogen and oxygen atoms in total. The van der Waals surface area contributed by atoms with Crippen molar-refractivity contribution in [3.63, 3.8) is 0 Å². The highest BCUT2D eigenvalue weighted by atomic mass is 16.3. The first-order valence-electron chi connectivity index (χ1n) is 6.79. The third-order valence-corrected chi connectivity index (χ3v) is 3.62. The molecule has 4 heteroatoms. The average Bonchev–Trinajstić information content (AvgIpc) is 2.91. The Bertz CT molecular complexity index is 362. The molecule has 1 aromatic rings. The number of nitrogens with zero attached hydrogens (tertiary/aromatic N) is 2. The second-order valence-electron chi connectivity index (χ2n) is 5.43. The van der Waals surface area contributed by atoms with Crippen molar-refractivity contribution in [2.45, 2.75) is 32.0 Å². The van der Waals surface area contributed by atoms with Crippen molar-refractivity contribution in [1.29, 1.82) is 0 Å². The monoisotopic (exact) mass is 251 g/mol. The van der Waals surface area contributed by atoms with E-state index in [0.29, 0.717) is 6.04 Å². The molecule has 2 heterocycles. The minimum Gasteiger partial charge on any atom is -0.468 e. The second-order valence-corrected chi connectivity index (χ2v) is 5.43. The van der Waals surface area contributed by atoms with E-state index in [1.165, 1.54) is 24.9 Å². The van der Waals surface area contributed by atoms with Gasteiger partial charge in [-0.25, -0.2) is 0 Å². The summed E-state index contributed by atoms with van der Waals surface area (Å²) in [5.41, 5.74) is 1.33. The quantitative estimate of drug-likeness (QED) is 0.831. The maximum Gasteiger partial charge on any atom is 0.122 e. The van der Waals surface area contributed by atoms with Crippen LogP contribution in [0, 0.1) is 0 Å². The summed E-state index contributed by atoms with van der Waals surface area (Å²) < 4.78 is 5.53. The molecule has 1 unspecified atom stereocenters. The lowest BCUT2D eigenvalue weighted by atomic mass is 10.2. The molecule has 1 aliphatic heterocycles. The van der Waals surface area contributed by atoms with Crippen LogP contribution < -0.4 is 5.32 Å². The van der Waals surface area contributed by atoms with Gasteiger partial charge in [0.15, 0.2) is 0 Å². The maximum absolute atomic E-state index is 5.53. The Morgan fingerprint density at radius 1 is 1.50 bits per heavy atom. The molecule has 1 atom stereocenters. The summed E-state index contributed by atoms with van der Waals surface area (Å²) in [6, 6.07) is 2.80. The van der Waals surface area contributed by atoms with Crippen molar-refractivity contribution < 1.29 is 4.42 Å². The topological polar surface area (TPSA) is 31.7 Å². The molecule has 0 saturated carbocycles. The van der Waals surface area contributed by atoms with Gasteiger partial charge in [-0.1, -0.05) is 0 Å². The molecule has 0 radical (unpaired) electrons. The van der Waals surface area contributed by atoms with Crippen molar-refractivity contribution in [3.8, 4) is 0 Å². The fraction of sp³-hybridized carbons (Fsp3) is 0.714. The highest BCUT2D eigenvalue weighted by molar-refractivity contribution is 5.17. The predicted molar refractivity (Wildman–Crippen MR) is 73.5 cm³/mol. The number of nitrogens with one attached hydrogen (secondary N) is 1. The van der Waals surface area contributed by atoms with Crippen molar-refractivity contribution in [3.05, 3.63) is 23.7 Å². The summed E-state index contributed by atoms with van der Waals surface area (Å²) in [6.45, 7) is 4.20. The van der Waals surface area contributed by atoms with Crippen LogP contribution in [0.25, 0.3) is 0 Å². The smallest absolute Gasteiger partial charge is 0.122 e. The fourth-order valence-corrected chi connectivity index (χ4v) is 2.77. The summed E-state index contributed by atoms with van der Waals surface area (Å²) in [5, 5.41) is 3.16. The third kappa shape index (κ3) is 3.34. The molecule has 0 aromatic carbocycles. The van der Waals surface area contributed by atoms with Crippen LogP contribution >= 0.6 is 0 Å². The van der Waals surface area contributed by atoms with Gasteiger partial charge >= 0.3 is 0 Å². The van der Waals surface area contributed by atoms with Gasteiger partial charge < -0.3 is 14.6 Å². The third-order valence-electron chi connectivity index (χ3n) is 3.62. The molecule has 0 aliphatic carbocycles. The standard InChI is InChI=1S/C14H25N3O/c1-15-9-14-12(6-8-18-14)10-17-7-4-5-13(17)11-16(2)3/h6,8,13,15H,4-5,7,9-11H2,1-3H3. The van der Waals surface area contributed by atoms with Gasteiger partial charge in [-0.2, -0.15) is 0 Å².